The maximum Gasteiger partial charge on any atom is 0.220 e. The third-order valence-electron chi connectivity index (χ3n) is 2.37. The molecule has 0 heterocycles. The third-order valence-corrected chi connectivity index (χ3v) is 2.37. The summed E-state index contributed by atoms with van der Waals surface area (Å²) in [5.41, 5.74) is 5.13. The average molecular weight is 155 g/mol. The molecule has 1 aliphatic rings. The van der Waals surface area contributed by atoms with Crippen LogP contribution in [0.25, 0.3) is 0 Å². The zero-order valence-electron chi connectivity index (χ0n) is 6.45. The minimum atomic E-state index is -0.214. The summed E-state index contributed by atoms with van der Waals surface area (Å²) < 4.78 is 0. The number of primary amides is 1. The van der Waals surface area contributed by atoms with Gasteiger partial charge >= 0.3 is 0 Å². The second-order valence-corrected chi connectivity index (χ2v) is 3.15. The second-order valence-electron chi connectivity index (χ2n) is 3.15. The van der Waals surface area contributed by atoms with Gasteiger partial charge in [0.15, 0.2) is 0 Å². The molecule has 1 saturated carbocycles. The van der Waals surface area contributed by atoms with Gasteiger partial charge in [-0.3, -0.25) is 4.79 Å². The van der Waals surface area contributed by atoms with Gasteiger partial charge in [-0.25, -0.2) is 0 Å². The number of amides is 1. The smallest absolute Gasteiger partial charge is 0.220 e. The summed E-state index contributed by atoms with van der Waals surface area (Å²) in [6.45, 7) is 0. The fourth-order valence-electron chi connectivity index (χ4n) is 1.54. The molecular weight excluding hydrogens is 142 g/mol. The average Bonchev–Trinajstić information content (AvgIpc) is 2.05. The maximum absolute atomic E-state index is 10.7. The Morgan fingerprint density at radius 1 is 1.27 bits per heavy atom. The number of rotatable bonds is 2. The van der Waals surface area contributed by atoms with Crippen LogP contribution >= 0.6 is 0 Å². The second kappa shape index (κ2) is 3.51. The first-order chi connectivity index (χ1) is 5.24. The molecule has 0 atom stereocenters. The van der Waals surface area contributed by atoms with Crippen molar-refractivity contribution in [2.24, 2.45) is 17.6 Å². The topological polar surface area (TPSA) is 60.2 Å². The van der Waals surface area contributed by atoms with Crippen LogP contribution in [-0.2, 0) is 9.59 Å². The van der Waals surface area contributed by atoms with Crippen LogP contribution in [0.5, 0.6) is 0 Å². The lowest BCUT2D eigenvalue weighted by Gasteiger charge is -2.22. The van der Waals surface area contributed by atoms with E-state index in [1.165, 1.54) is 0 Å². The molecule has 0 aliphatic heterocycles. The molecule has 1 rings (SSSR count). The van der Waals surface area contributed by atoms with Crippen molar-refractivity contribution in [1.82, 2.24) is 0 Å². The van der Waals surface area contributed by atoms with Crippen LogP contribution in [0.4, 0.5) is 0 Å². The molecule has 2 N–H and O–H groups in total. The number of nitrogens with two attached hydrogens (primary N) is 1. The van der Waals surface area contributed by atoms with Crippen molar-refractivity contribution in [2.45, 2.75) is 25.7 Å². The number of carbonyl (C=O) groups excluding carboxylic acids is 2. The van der Waals surface area contributed by atoms with E-state index in [1.807, 2.05) is 0 Å². The largest absolute Gasteiger partial charge is 0.369 e. The lowest BCUT2D eigenvalue weighted by molar-refractivity contribution is -0.124. The highest BCUT2D eigenvalue weighted by atomic mass is 16.1. The molecule has 62 valence electrons. The van der Waals surface area contributed by atoms with Crippen LogP contribution in [-0.4, -0.2) is 12.2 Å². The van der Waals surface area contributed by atoms with Gasteiger partial charge in [-0.15, -0.1) is 0 Å². The SMILES string of the molecule is NC(=O)C1CCC(C=O)CC1. The van der Waals surface area contributed by atoms with Gasteiger partial charge in [-0.05, 0) is 25.7 Å². The van der Waals surface area contributed by atoms with Crippen LogP contribution in [0.1, 0.15) is 25.7 Å². The monoisotopic (exact) mass is 155 g/mol. The normalized spacial score (nSPS) is 31.3. The maximum atomic E-state index is 10.7. The number of hydrogen-bond donors (Lipinski definition) is 1. The van der Waals surface area contributed by atoms with Crippen LogP contribution < -0.4 is 5.73 Å². The number of carbonyl (C=O) groups is 2. The highest BCUT2D eigenvalue weighted by Gasteiger charge is 2.23. The molecule has 11 heavy (non-hydrogen) atoms. The Morgan fingerprint density at radius 2 is 1.82 bits per heavy atom. The van der Waals surface area contributed by atoms with Gasteiger partial charge in [0.05, 0.1) is 0 Å². The Labute approximate surface area is 66.0 Å². The van der Waals surface area contributed by atoms with Crippen molar-refractivity contribution in [1.29, 1.82) is 0 Å². The first kappa shape index (κ1) is 8.24. The standard InChI is InChI=1S/C8H13NO2/c9-8(11)7-3-1-6(5-10)2-4-7/h5-7H,1-4H2,(H2,9,11). The zero-order valence-corrected chi connectivity index (χ0v) is 6.45. The Balaban J connectivity index is 2.35. The molecule has 0 spiro atoms. The summed E-state index contributed by atoms with van der Waals surface area (Å²) in [6, 6.07) is 0. The van der Waals surface area contributed by atoms with E-state index in [0.29, 0.717) is 0 Å². The molecule has 1 amide bonds. The molecular formula is C8H13NO2. The summed E-state index contributed by atoms with van der Waals surface area (Å²) in [4.78, 5) is 21.0. The fraction of sp³-hybridized carbons (Fsp3) is 0.750. The molecule has 1 fully saturated rings. The molecule has 0 aromatic carbocycles. The van der Waals surface area contributed by atoms with Gasteiger partial charge in [0, 0.05) is 11.8 Å². The highest BCUT2D eigenvalue weighted by Crippen LogP contribution is 2.26. The minimum absolute atomic E-state index is 0.0196. The van der Waals surface area contributed by atoms with E-state index in [4.69, 9.17) is 5.73 Å². The molecule has 3 heteroatoms. The third kappa shape index (κ3) is 2.03. The van der Waals surface area contributed by atoms with Crippen molar-refractivity contribution in [3.05, 3.63) is 0 Å². The first-order valence-electron chi connectivity index (χ1n) is 3.98. The van der Waals surface area contributed by atoms with Crippen LogP contribution in [0.2, 0.25) is 0 Å². The predicted octanol–water partition coefficient (Wildman–Crippen LogP) is 0.477. The van der Waals surface area contributed by atoms with E-state index in [2.05, 4.69) is 0 Å². The summed E-state index contributed by atoms with van der Waals surface area (Å²) in [5.74, 6) is -0.0221. The summed E-state index contributed by atoms with van der Waals surface area (Å²) in [5, 5.41) is 0. The summed E-state index contributed by atoms with van der Waals surface area (Å²) in [6.07, 6.45) is 4.23. The van der Waals surface area contributed by atoms with Gasteiger partial charge in [-0.1, -0.05) is 0 Å². The molecule has 0 unspecified atom stereocenters. The molecule has 0 aromatic rings. The zero-order chi connectivity index (χ0) is 8.27. The summed E-state index contributed by atoms with van der Waals surface area (Å²) in [7, 11) is 0. The molecule has 3 nitrogen and oxygen atoms in total. The summed E-state index contributed by atoms with van der Waals surface area (Å²) >= 11 is 0. The van der Waals surface area contributed by atoms with Gasteiger partial charge in [0.25, 0.3) is 0 Å². The van der Waals surface area contributed by atoms with Crippen molar-refractivity contribution in [2.75, 3.05) is 0 Å². The van der Waals surface area contributed by atoms with Crippen molar-refractivity contribution < 1.29 is 9.59 Å². The number of aldehydes is 1. The van der Waals surface area contributed by atoms with E-state index >= 15 is 0 Å². The lowest BCUT2D eigenvalue weighted by Crippen LogP contribution is -2.27. The molecule has 0 aromatic heterocycles. The van der Waals surface area contributed by atoms with Crippen molar-refractivity contribution in [3.8, 4) is 0 Å². The van der Waals surface area contributed by atoms with E-state index in [-0.39, 0.29) is 17.7 Å². The Hall–Kier alpha value is -0.860. The van der Waals surface area contributed by atoms with E-state index in [9.17, 15) is 9.59 Å². The predicted molar refractivity (Wildman–Crippen MR) is 40.7 cm³/mol. The van der Waals surface area contributed by atoms with Crippen molar-refractivity contribution >= 4 is 12.2 Å². The van der Waals surface area contributed by atoms with E-state index < -0.39 is 0 Å². The van der Waals surface area contributed by atoms with Gasteiger partial charge < -0.3 is 10.5 Å². The highest BCUT2D eigenvalue weighted by molar-refractivity contribution is 5.76. The Bertz CT molecular complexity index is 159. The minimum Gasteiger partial charge on any atom is -0.369 e. The fourth-order valence-corrected chi connectivity index (χ4v) is 1.54. The molecule has 0 bridgehead atoms. The van der Waals surface area contributed by atoms with Crippen LogP contribution in [0.15, 0.2) is 0 Å². The lowest BCUT2D eigenvalue weighted by atomic mass is 9.82. The Kier molecular flexibility index (Phi) is 2.63. The van der Waals surface area contributed by atoms with Crippen LogP contribution in [0.3, 0.4) is 0 Å². The quantitative estimate of drug-likeness (QED) is 0.589. The van der Waals surface area contributed by atoms with Gasteiger partial charge in [0.2, 0.25) is 5.91 Å². The van der Waals surface area contributed by atoms with Gasteiger partial charge in [0.1, 0.15) is 6.29 Å². The van der Waals surface area contributed by atoms with Gasteiger partial charge in [-0.2, -0.15) is 0 Å². The van der Waals surface area contributed by atoms with E-state index in [0.717, 1.165) is 32.0 Å². The van der Waals surface area contributed by atoms with E-state index in [1.54, 1.807) is 0 Å². The number of hydrogen-bond acceptors (Lipinski definition) is 2. The molecule has 0 radical (unpaired) electrons. The molecule has 0 saturated heterocycles. The molecule has 1 aliphatic carbocycles. The Morgan fingerprint density at radius 3 is 2.18 bits per heavy atom. The van der Waals surface area contributed by atoms with Crippen molar-refractivity contribution in [3.63, 3.8) is 0 Å². The van der Waals surface area contributed by atoms with Crippen LogP contribution in [0, 0.1) is 11.8 Å². The first-order valence-corrected chi connectivity index (χ1v) is 3.98.